The third-order valence-electron chi connectivity index (χ3n) is 5.26. The summed E-state index contributed by atoms with van der Waals surface area (Å²) in [5.41, 5.74) is 3.93. The lowest BCUT2D eigenvalue weighted by Gasteiger charge is -2.01. The molecule has 0 radical (unpaired) electrons. The fourth-order valence-electron chi connectivity index (χ4n) is 3.46. The molecule has 34 heavy (non-hydrogen) atoms. The number of hydrogen-bond acceptors (Lipinski definition) is 7. The number of rotatable bonds is 7. The topological polar surface area (TPSA) is 98.3 Å². The van der Waals surface area contributed by atoms with E-state index < -0.39 is 5.97 Å². The zero-order valence-electron chi connectivity index (χ0n) is 18.1. The number of nitrogens with zero attached hydrogens (tertiary/aromatic N) is 3. The number of carbonyl (C=O) groups is 1. The van der Waals surface area contributed by atoms with Gasteiger partial charge >= 0.3 is 5.97 Å². The molecule has 0 aliphatic carbocycles. The van der Waals surface area contributed by atoms with E-state index in [1.165, 1.54) is 11.3 Å². The molecule has 0 spiro atoms. The van der Waals surface area contributed by atoms with E-state index in [2.05, 4.69) is 15.2 Å². The highest BCUT2D eigenvalue weighted by Gasteiger charge is 2.13. The van der Waals surface area contributed by atoms with E-state index >= 15 is 0 Å². The fourth-order valence-corrected chi connectivity index (χ4v) is 4.33. The van der Waals surface area contributed by atoms with E-state index in [0.29, 0.717) is 18.1 Å². The van der Waals surface area contributed by atoms with Crippen LogP contribution in [-0.2, 0) is 6.42 Å². The van der Waals surface area contributed by atoms with Crippen LogP contribution in [0.5, 0.6) is 5.75 Å². The Bertz CT molecular complexity index is 1440. The number of oxazole rings is 1. The number of carboxylic acid groups (broad SMARTS) is 1. The average Bonchev–Trinajstić information content (AvgIpc) is 3.55. The van der Waals surface area contributed by atoms with Crippen LogP contribution in [-0.4, -0.2) is 33.4 Å². The second-order valence-corrected chi connectivity index (χ2v) is 8.58. The first-order chi connectivity index (χ1) is 16.6. The van der Waals surface area contributed by atoms with Crippen molar-refractivity contribution in [1.29, 1.82) is 0 Å². The standard InChI is InChI=1S/C26H19N3O4S/c1-32-21-11-9-17(10-12-21)22-15-27-24(33-22)19-3-2-4-20(14-19)25-29-28-23(34-25)13-16-5-7-18(8-6-16)26(30)31/h2-12,14-15H,13H2,1H3,(H,30,31). The molecule has 0 aliphatic rings. The molecule has 8 heteroatoms. The van der Waals surface area contributed by atoms with E-state index in [9.17, 15) is 4.79 Å². The van der Waals surface area contributed by atoms with Gasteiger partial charge in [-0.3, -0.25) is 0 Å². The number of ether oxygens (including phenoxy) is 1. The number of carboxylic acids is 1. The van der Waals surface area contributed by atoms with E-state index in [0.717, 1.165) is 38.0 Å². The minimum atomic E-state index is -0.938. The lowest BCUT2D eigenvalue weighted by Crippen LogP contribution is -1.96. The zero-order chi connectivity index (χ0) is 23.5. The Morgan fingerprint density at radius 1 is 0.971 bits per heavy atom. The average molecular weight is 470 g/mol. The Morgan fingerprint density at radius 3 is 2.47 bits per heavy atom. The van der Waals surface area contributed by atoms with Gasteiger partial charge in [-0.25, -0.2) is 9.78 Å². The van der Waals surface area contributed by atoms with Crippen molar-refractivity contribution in [2.75, 3.05) is 7.11 Å². The normalized spacial score (nSPS) is 10.9. The molecule has 5 aromatic rings. The lowest BCUT2D eigenvalue weighted by atomic mass is 10.1. The fraction of sp³-hybridized carbons (Fsp3) is 0.0769. The summed E-state index contributed by atoms with van der Waals surface area (Å²) in [4.78, 5) is 15.5. The lowest BCUT2D eigenvalue weighted by molar-refractivity contribution is 0.0697. The predicted molar refractivity (Wildman–Crippen MR) is 129 cm³/mol. The van der Waals surface area contributed by atoms with Crippen molar-refractivity contribution in [2.45, 2.75) is 6.42 Å². The maximum atomic E-state index is 11.0. The molecular formula is C26H19N3O4S. The van der Waals surface area contributed by atoms with Crippen LogP contribution in [0.2, 0.25) is 0 Å². The van der Waals surface area contributed by atoms with Crippen molar-refractivity contribution in [1.82, 2.24) is 15.2 Å². The summed E-state index contributed by atoms with van der Waals surface area (Å²) in [5.74, 6) is 1.04. The summed E-state index contributed by atoms with van der Waals surface area (Å²) in [6.45, 7) is 0. The Balaban J connectivity index is 1.34. The predicted octanol–water partition coefficient (Wildman–Crippen LogP) is 5.82. The molecule has 0 saturated carbocycles. The van der Waals surface area contributed by atoms with Gasteiger partial charge in [0, 0.05) is 23.1 Å². The molecule has 0 fully saturated rings. The molecule has 0 aliphatic heterocycles. The molecule has 2 aromatic heterocycles. The molecule has 1 N–H and O–H groups in total. The van der Waals surface area contributed by atoms with Gasteiger partial charge in [0.2, 0.25) is 5.89 Å². The van der Waals surface area contributed by atoms with Gasteiger partial charge in [0.05, 0.1) is 18.9 Å². The third kappa shape index (κ3) is 4.57. The summed E-state index contributed by atoms with van der Waals surface area (Å²) in [6, 6.07) is 22.2. The Kier molecular flexibility index (Phi) is 5.88. The van der Waals surface area contributed by atoms with Crippen molar-refractivity contribution in [2.24, 2.45) is 0 Å². The molecule has 0 saturated heterocycles. The van der Waals surface area contributed by atoms with Crippen LogP contribution in [0.3, 0.4) is 0 Å². The second kappa shape index (κ2) is 9.29. The van der Waals surface area contributed by atoms with Crippen molar-refractivity contribution in [3.05, 3.63) is 95.1 Å². The first-order valence-electron chi connectivity index (χ1n) is 10.4. The largest absolute Gasteiger partial charge is 0.497 e. The maximum absolute atomic E-state index is 11.0. The number of methoxy groups -OCH3 is 1. The summed E-state index contributed by atoms with van der Waals surface area (Å²) < 4.78 is 11.2. The van der Waals surface area contributed by atoms with E-state index in [4.69, 9.17) is 14.3 Å². The van der Waals surface area contributed by atoms with Gasteiger partial charge < -0.3 is 14.3 Å². The van der Waals surface area contributed by atoms with Gasteiger partial charge in [-0.2, -0.15) is 0 Å². The monoisotopic (exact) mass is 469 g/mol. The van der Waals surface area contributed by atoms with Crippen LogP contribution in [0.15, 0.2) is 83.4 Å². The highest BCUT2D eigenvalue weighted by molar-refractivity contribution is 7.14. The molecule has 5 rings (SSSR count). The molecule has 3 aromatic carbocycles. The maximum Gasteiger partial charge on any atom is 0.335 e. The first-order valence-corrected chi connectivity index (χ1v) is 11.3. The molecular weight excluding hydrogens is 450 g/mol. The number of aromatic carboxylic acids is 1. The van der Waals surface area contributed by atoms with Gasteiger partial charge in [-0.1, -0.05) is 35.6 Å². The Hall–Kier alpha value is -4.30. The van der Waals surface area contributed by atoms with Gasteiger partial charge in [0.15, 0.2) is 5.76 Å². The third-order valence-corrected chi connectivity index (χ3v) is 6.23. The zero-order valence-corrected chi connectivity index (χ0v) is 19.0. The molecule has 0 unspecified atom stereocenters. The summed E-state index contributed by atoms with van der Waals surface area (Å²) in [6.07, 6.45) is 2.30. The van der Waals surface area contributed by atoms with Crippen LogP contribution in [0.4, 0.5) is 0 Å². The quantitative estimate of drug-likeness (QED) is 0.320. The first kappa shape index (κ1) is 21.5. The van der Waals surface area contributed by atoms with E-state index in [-0.39, 0.29) is 5.56 Å². The SMILES string of the molecule is COc1ccc(-c2cnc(-c3cccc(-c4nnc(Cc5ccc(C(=O)O)cc5)s4)c3)o2)cc1. The van der Waals surface area contributed by atoms with Crippen LogP contribution in [0.1, 0.15) is 20.9 Å². The highest BCUT2D eigenvalue weighted by Crippen LogP contribution is 2.31. The summed E-state index contributed by atoms with van der Waals surface area (Å²) in [5, 5.41) is 19.3. The van der Waals surface area contributed by atoms with Crippen molar-refractivity contribution in [3.63, 3.8) is 0 Å². The Morgan fingerprint density at radius 2 is 1.74 bits per heavy atom. The number of benzene rings is 3. The Labute approximate surface area is 199 Å². The van der Waals surface area contributed by atoms with Crippen molar-refractivity contribution < 1.29 is 19.1 Å². The molecule has 168 valence electrons. The van der Waals surface area contributed by atoms with Crippen LogP contribution in [0, 0.1) is 0 Å². The molecule has 0 atom stereocenters. The number of aromatic nitrogens is 3. The molecule has 0 bridgehead atoms. The molecule has 0 amide bonds. The summed E-state index contributed by atoms with van der Waals surface area (Å²) >= 11 is 1.50. The van der Waals surface area contributed by atoms with Gasteiger partial charge in [-0.15, -0.1) is 10.2 Å². The van der Waals surface area contributed by atoms with Crippen LogP contribution < -0.4 is 4.74 Å². The van der Waals surface area contributed by atoms with Crippen molar-refractivity contribution >= 4 is 17.3 Å². The highest BCUT2D eigenvalue weighted by atomic mass is 32.1. The van der Waals surface area contributed by atoms with E-state index in [1.54, 1.807) is 37.6 Å². The molecule has 7 nitrogen and oxygen atoms in total. The number of hydrogen-bond donors (Lipinski definition) is 1. The minimum absolute atomic E-state index is 0.264. The van der Waals surface area contributed by atoms with Crippen LogP contribution in [0.25, 0.3) is 33.3 Å². The van der Waals surface area contributed by atoms with Gasteiger partial charge in [0.25, 0.3) is 0 Å². The van der Waals surface area contributed by atoms with Crippen molar-refractivity contribution in [3.8, 4) is 39.1 Å². The van der Waals surface area contributed by atoms with E-state index in [1.807, 2.05) is 48.5 Å². The smallest absolute Gasteiger partial charge is 0.335 e. The van der Waals surface area contributed by atoms with Crippen LogP contribution >= 0.6 is 11.3 Å². The molecule has 2 heterocycles. The van der Waals surface area contributed by atoms with Gasteiger partial charge in [0.1, 0.15) is 15.8 Å². The summed E-state index contributed by atoms with van der Waals surface area (Å²) in [7, 11) is 1.63. The van der Waals surface area contributed by atoms with Gasteiger partial charge in [-0.05, 0) is 54.1 Å². The second-order valence-electron chi connectivity index (χ2n) is 7.52. The minimum Gasteiger partial charge on any atom is -0.497 e.